The fraction of sp³-hybridized carbons (Fsp3) is 0.150. The van der Waals surface area contributed by atoms with E-state index in [4.69, 9.17) is 4.74 Å². The summed E-state index contributed by atoms with van der Waals surface area (Å²) >= 11 is 0. The Morgan fingerprint density at radius 3 is 2.40 bits per heavy atom. The van der Waals surface area contributed by atoms with E-state index in [1.807, 2.05) is 61.5 Å². The lowest BCUT2D eigenvalue weighted by Gasteiger charge is -2.08. The number of aromatic nitrogens is 2. The van der Waals surface area contributed by atoms with Crippen molar-refractivity contribution in [2.45, 2.75) is 20.1 Å². The third kappa shape index (κ3) is 4.88. The van der Waals surface area contributed by atoms with E-state index in [0.29, 0.717) is 18.8 Å². The van der Waals surface area contributed by atoms with Gasteiger partial charge in [0.1, 0.15) is 18.1 Å². The van der Waals surface area contributed by atoms with Crippen LogP contribution in [0.5, 0.6) is 5.75 Å². The van der Waals surface area contributed by atoms with Gasteiger partial charge in [-0.05, 0) is 30.2 Å². The standard InChI is InChI=1S/C20H19N3O2/c1-15-11-22-19(13-21-15)20(24)23-12-16-7-9-18(10-8-16)25-14-17-5-3-2-4-6-17/h2-11,13H,12,14H2,1H3,(H,23,24). The number of carbonyl (C=O) groups is 1. The summed E-state index contributed by atoms with van der Waals surface area (Å²) in [5.74, 6) is 0.556. The Hall–Kier alpha value is -3.21. The van der Waals surface area contributed by atoms with Gasteiger partial charge in [-0.3, -0.25) is 9.78 Å². The number of aryl methyl sites for hydroxylation is 1. The molecule has 126 valence electrons. The zero-order valence-corrected chi connectivity index (χ0v) is 14.0. The number of benzene rings is 2. The molecular formula is C20H19N3O2. The van der Waals surface area contributed by atoms with E-state index in [0.717, 1.165) is 22.6 Å². The van der Waals surface area contributed by atoms with Crippen LogP contribution in [0.15, 0.2) is 67.0 Å². The van der Waals surface area contributed by atoms with Gasteiger partial charge in [0.2, 0.25) is 0 Å². The minimum atomic E-state index is -0.239. The number of nitrogens with zero attached hydrogens (tertiary/aromatic N) is 2. The van der Waals surface area contributed by atoms with Gasteiger partial charge < -0.3 is 10.1 Å². The molecule has 0 spiro atoms. The lowest BCUT2D eigenvalue weighted by molar-refractivity contribution is 0.0945. The van der Waals surface area contributed by atoms with E-state index in [-0.39, 0.29) is 5.91 Å². The highest BCUT2D eigenvalue weighted by Gasteiger charge is 2.07. The predicted octanol–water partition coefficient (Wildman–Crippen LogP) is 3.29. The van der Waals surface area contributed by atoms with Crippen molar-refractivity contribution in [3.05, 3.63) is 89.5 Å². The first kappa shape index (κ1) is 16.6. The molecule has 1 amide bonds. The van der Waals surface area contributed by atoms with Gasteiger partial charge in [-0.2, -0.15) is 0 Å². The first-order chi connectivity index (χ1) is 12.2. The second-order valence-corrected chi connectivity index (χ2v) is 5.64. The molecule has 0 atom stereocenters. The molecule has 5 nitrogen and oxygen atoms in total. The number of amides is 1. The van der Waals surface area contributed by atoms with E-state index in [2.05, 4.69) is 15.3 Å². The Morgan fingerprint density at radius 2 is 1.72 bits per heavy atom. The molecule has 0 saturated carbocycles. The molecule has 5 heteroatoms. The van der Waals surface area contributed by atoms with Crippen LogP contribution in [0, 0.1) is 6.92 Å². The predicted molar refractivity (Wildman–Crippen MR) is 95.2 cm³/mol. The van der Waals surface area contributed by atoms with Crippen LogP contribution in [0.1, 0.15) is 27.3 Å². The van der Waals surface area contributed by atoms with Crippen LogP contribution in [0.3, 0.4) is 0 Å². The number of nitrogens with one attached hydrogen (secondary N) is 1. The van der Waals surface area contributed by atoms with Crippen LogP contribution in [0.4, 0.5) is 0 Å². The Morgan fingerprint density at radius 1 is 0.960 bits per heavy atom. The molecule has 0 unspecified atom stereocenters. The van der Waals surface area contributed by atoms with Crippen molar-refractivity contribution in [2.24, 2.45) is 0 Å². The normalized spacial score (nSPS) is 10.3. The molecule has 0 aliphatic heterocycles. The second kappa shape index (κ2) is 8.06. The minimum absolute atomic E-state index is 0.239. The van der Waals surface area contributed by atoms with Gasteiger partial charge >= 0.3 is 0 Å². The van der Waals surface area contributed by atoms with Gasteiger partial charge in [-0.15, -0.1) is 0 Å². The molecule has 0 bridgehead atoms. The fourth-order valence-electron chi connectivity index (χ4n) is 2.23. The van der Waals surface area contributed by atoms with Crippen LogP contribution < -0.4 is 10.1 Å². The van der Waals surface area contributed by atoms with E-state index < -0.39 is 0 Å². The van der Waals surface area contributed by atoms with Crippen LogP contribution >= 0.6 is 0 Å². The molecule has 3 aromatic rings. The Bertz CT molecular complexity index is 816. The third-order valence-electron chi connectivity index (χ3n) is 3.64. The summed E-state index contributed by atoms with van der Waals surface area (Å²) in [6.45, 7) is 2.78. The Balaban J connectivity index is 1.50. The molecule has 0 aliphatic carbocycles. The average molecular weight is 333 g/mol. The highest BCUT2D eigenvalue weighted by molar-refractivity contribution is 5.91. The first-order valence-corrected chi connectivity index (χ1v) is 8.03. The van der Waals surface area contributed by atoms with Gasteiger partial charge in [0.15, 0.2) is 0 Å². The molecule has 0 radical (unpaired) electrons. The monoisotopic (exact) mass is 333 g/mol. The molecule has 2 aromatic carbocycles. The van der Waals surface area contributed by atoms with Gasteiger partial charge in [0, 0.05) is 12.7 Å². The summed E-state index contributed by atoms with van der Waals surface area (Å²) < 4.78 is 5.75. The molecular weight excluding hydrogens is 314 g/mol. The fourth-order valence-corrected chi connectivity index (χ4v) is 2.23. The lowest BCUT2D eigenvalue weighted by Crippen LogP contribution is -2.24. The number of ether oxygens (including phenoxy) is 1. The maximum absolute atomic E-state index is 12.0. The maximum atomic E-state index is 12.0. The van der Waals surface area contributed by atoms with Gasteiger partial charge in [0.05, 0.1) is 11.9 Å². The van der Waals surface area contributed by atoms with Crippen LogP contribution in [-0.2, 0) is 13.2 Å². The molecule has 0 saturated heterocycles. The molecule has 1 aromatic heterocycles. The summed E-state index contributed by atoms with van der Waals surface area (Å²) in [6.07, 6.45) is 3.05. The number of hydrogen-bond donors (Lipinski definition) is 1. The van der Waals surface area contributed by atoms with Crippen molar-refractivity contribution in [1.82, 2.24) is 15.3 Å². The first-order valence-electron chi connectivity index (χ1n) is 8.03. The van der Waals surface area contributed by atoms with E-state index in [9.17, 15) is 4.79 Å². The third-order valence-corrected chi connectivity index (χ3v) is 3.64. The highest BCUT2D eigenvalue weighted by Crippen LogP contribution is 2.14. The zero-order valence-electron chi connectivity index (χ0n) is 14.0. The van der Waals surface area contributed by atoms with Crippen LogP contribution in [0.2, 0.25) is 0 Å². The molecule has 1 heterocycles. The van der Waals surface area contributed by atoms with Gasteiger partial charge in [0.25, 0.3) is 5.91 Å². The van der Waals surface area contributed by atoms with Crippen molar-refractivity contribution in [3.8, 4) is 5.75 Å². The summed E-state index contributed by atoms with van der Waals surface area (Å²) in [5, 5.41) is 2.83. The van der Waals surface area contributed by atoms with Crippen molar-refractivity contribution < 1.29 is 9.53 Å². The van der Waals surface area contributed by atoms with Crippen molar-refractivity contribution in [3.63, 3.8) is 0 Å². The quantitative estimate of drug-likeness (QED) is 0.752. The highest BCUT2D eigenvalue weighted by atomic mass is 16.5. The molecule has 25 heavy (non-hydrogen) atoms. The minimum Gasteiger partial charge on any atom is -0.489 e. The average Bonchev–Trinajstić information content (AvgIpc) is 2.67. The Labute approximate surface area is 146 Å². The summed E-state index contributed by atoms with van der Waals surface area (Å²) in [6, 6.07) is 17.7. The zero-order chi connectivity index (χ0) is 17.5. The largest absolute Gasteiger partial charge is 0.489 e. The maximum Gasteiger partial charge on any atom is 0.271 e. The summed E-state index contributed by atoms with van der Waals surface area (Å²) in [5.41, 5.74) is 3.20. The molecule has 0 fully saturated rings. The number of carbonyl (C=O) groups excluding carboxylic acids is 1. The topological polar surface area (TPSA) is 64.1 Å². The Kier molecular flexibility index (Phi) is 5.36. The van der Waals surface area contributed by atoms with E-state index in [1.54, 1.807) is 6.20 Å². The SMILES string of the molecule is Cc1cnc(C(=O)NCc2ccc(OCc3ccccc3)cc2)cn1. The number of hydrogen-bond acceptors (Lipinski definition) is 4. The van der Waals surface area contributed by atoms with Crippen LogP contribution in [-0.4, -0.2) is 15.9 Å². The lowest BCUT2D eigenvalue weighted by atomic mass is 10.2. The molecule has 3 rings (SSSR count). The smallest absolute Gasteiger partial charge is 0.271 e. The summed E-state index contributed by atoms with van der Waals surface area (Å²) in [4.78, 5) is 20.2. The second-order valence-electron chi connectivity index (χ2n) is 5.64. The van der Waals surface area contributed by atoms with E-state index >= 15 is 0 Å². The number of rotatable bonds is 6. The molecule has 1 N–H and O–H groups in total. The van der Waals surface area contributed by atoms with E-state index in [1.165, 1.54) is 6.20 Å². The van der Waals surface area contributed by atoms with Crippen LogP contribution in [0.25, 0.3) is 0 Å². The van der Waals surface area contributed by atoms with Crippen molar-refractivity contribution in [2.75, 3.05) is 0 Å². The summed E-state index contributed by atoms with van der Waals surface area (Å²) in [7, 11) is 0. The van der Waals surface area contributed by atoms with Gasteiger partial charge in [-0.1, -0.05) is 42.5 Å². The van der Waals surface area contributed by atoms with Gasteiger partial charge in [-0.25, -0.2) is 4.98 Å². The molecule has 0 aliphatic rings. The van der Waals surface area contributed by atoms with Crippen molar-refractivity contribution in [1.29, 1.82) is 0 Å². The van der Waals surface area contributed by atoms with Crippen molar-refractivity contribution >= 4 is 5.91 Å².